The molecule has 0 radical (unpaired) electrons. The number of aromatic nitrogens is 4. The number of carbonyl (C=O) groups excluding carboxylic acids is 1. The summed E-state index contributed by atoms with van der Waals surface area (Å²) < 4.78 is 80.0. The van der Waals surface area contributed by atoms with Crippen LogP contribution in [0.4, 0.5) is 26.3 Å². The Hall–Kier alpha value is -3.11. The van der Waals surface area contributed by atoms with Gasteiger partial charge in [0.1, 0.15) is 12.4 Å². The van der Waals surface area contributed by atoms with Crippen LogP contribution < -0.4 is 0 Å². The first kappa shape index (κ1) is 20.6. The second kappa shape index (κ2) is 7.72. The summed E-state index contributed by atoms with van der Waals surface area (Å²) in [6.45, 7) is 0.500. The van der Waals surface area contributed by atoms with Gasteiger partial charge in [-0.2, -0.15) is 23.4 Å². The molecule has 0 aliphatic rings. The first-order valence-electron chi connectivity index (χ1n) is 8.31. The average Bonchev–Trinajstić information content (AvgIpc) is 3.21. The van der Waals surface area contributed by atoms with Crippen molar-refractivity contribution in [1.29, 1.82) is 0 Å². The predicted octanol–water partition coefficient (Wildman–Crippen LogP) is 4.29. The van der Waals surface area contributed by atoms with Crippen molar-refractivity contribution in [1.82, 2.24) is 19.6 Å². The minimum atomic E-state index is -4.75. The quantitative estimate of drug-likeness (QED) is 0.445. The van der Waals surface area contributed by atoms with Crippen LogP contribution in [0.15, 0.2) is 36.7 Å². The highest BCUT2D eigenvalue weighted by molar-refractivity contribution is 5.97. The number of hydrogen-bond donors (Lipinski definition) is 0. The van der Waals surface area contributed by atoms with E-state index in [-0.39, 0.29) is 23.4 Å². The molecule has 3 rings (SSSR count). The highest BCUT2D eigenvalue weighted by atomic mass is 19.4. The van der Waals surface area contributed by atoms with Crippen molar-refractivity contribution in [3.63, 3.8) is 0 Å². The lowest BCUT2D eigenvalue weighted by atomic mass is 10.1. The summed E-state index contributed by atoms with van der Waals surface area (Å²) in [5.41, 5.74) is -0.970. The standard InChI is InChI=1S/C18H14F6N4O/c1-10(29)14-5-12(19)2-3-15(14)28-13(6-16(26-28)18(22,23)24)4-11-7-25-27(8-11)9-17(20)21/h2-3,5-8,17H,4,9H2,1H3. The van der Waals surface area contributed by atoms with Gasteiger partial charge in [0.25, 0.3) is 6.43 Å². The summed E-state index contributed by atoms with van der Waals surface area (Å²) in [7, 11) is 0. The van der Waals surface area contributed by atoms with E-state index in [9.17, 15) is 31.1 Å². The molecule has 0 bridgehead atoms. The maximum absolute atomic E-state index is 13.5. The van der Waals surface area contributed by atoms with Gasteiger partial charge >= 0.3 is 6.18 Å². The van der Waals surface area contributed by atoms with Gasteiger partial charge in [0.05, 0.1) is 11.9 Å². The van der Waals surface area contributed by atoms with E-state index in [2.05, 4.69) is 10.2 Å². The summed E-state index contributed by atoms with van der Waals surface area (Å²) in [4.78, 5) is 11.9. The van der Waals surface area contributed by atoms with Gasteiger partial charge in [0.2, 0.25) is 0 Å². The van der Waals surface area contributed by atoms with Crippen LogP contribution in [-0.4, -0.2) is 31.8 Å². The van der Waals surface area contributed by atoms with E-state index < -0.39 is 36.4 Å². The molecule has 0 aliphatic heterocycles. The fourth-order valence-corrected chi connectivity index (χ4v) is 2.82. The van der Waals surface area contributed by atoms with Crippen molar-refractivity contribution < 1.29 is 31.1 Å². The number of nitrogens with zero attached hydrogens (tertiary/aromatic N) is 4. The molecule has 0 saturated carbocycles. The molecule has 154 valence electrons. The smallest absolute Gasteiger partial charge is 0.294 e. The van der Waals surface area contributed by atoms with Crippen LogP contribution in [-0.2, 0) is 19.1 Å². The van der Waals surface area contributed by atoms with Gasteiger partial charge in [-0.25, -0.2) is 17.9 Å². The Kier molecular flexibility index (Phi) is 5.49. The SMILES string of the molecule is CC(=O)c1cc(F)ccc1-n1nc(C(F)(F)F)cc1Cc1cnn(CC(F)F)c1. The van der Waals surface area contributed by atoms with Crippen LogP contribution in [0.3, 0.4) is 0 Å². The maximum Gasteiger partial charge on any atom is 0.435 e. The lowest BCUT2D eigenvalue weighted by Crippen LogP contribution is -2.11. The Bertz CT molecular complexity index is 1040. The molecule has 0 amide bonds. The zero-order chi connectivity index (χ0) is 21.3. The van der Waals surface area contributed by atoms with Crippen molar-refractivity contribution in [2.45, 2.75) is 32.5 Å². The minimum absolute atomic E-state index is 0.0237. The molecule has 0 spiro atoms. The summed E-state index contributed by atoms with van der Waals surface area (Å²) in [5, 5.41) is 7.29. The lowest BCUT2D eigenvalue weighted by Gasteiger charge is -2.11. The largest absolute Gasteiger partial charge is 0.435 e. The summed E-state index contributed by atoms with van der Waals surface area (Å²) >= 11 is 0. The third kappa shape index (κ3) is 4.66. The molecule has 0 aliphatic carbocycles. The Balaban J connectivity index is 2.07. The maximum atomic E-state index is 13.5. The third-order valence-electron chi connectivity index (χ3n) is 4.04. The molecule has 0 saturated heterocycles. The second-order valence-corrected chi connectivity index (χ2v) is 6.29. The van der Waals surface area contributed by atoms with Gasteiger partial charge in [0.15, 0.2) is 11.5 Å². The molecule has 0 unspecified atom stereocenters. The van der Waals surface area contributed by atoms with Gasteiger partial charge in [-0.15, -0.1) is 0 Å². The van der Waals surface area contributed by atoms with Crippen molar-refractivity contribution in [3.05, 3.63) is 65.0 Å². The average molecular weight is 416 g/mol. The zero-order valence-electron chi connectivity index (χ0n) is 14.9. The molecule has 0 atom stereocenters. The zero-order valence-corrected chi connectivity index (χ0v) is 14.9. The van der Waals surface area contributed by atoms with Gasteiger partial charge in [0, 0.05) is 23.9 Å². The molecule has 1 aromatic carbocycles. The van der Waals surface area contributed by atoms with E-state index in [1.165, 1.54) is 12.4 Å². The molecule has 2 heterocycles. The predicted molar refractivity (Wildman–Crippen MR) is 89.6 cm³/mol. The van der Waals surface area contributed by atoms with Crippen LogP contribution in [0.2, 0.25) is 0 Å². The van der Waals surface area contributed by atoms with Crippen molar-refractivity contribution in [3.8, 4) is 5.69 Å². The first-order chi connectivity index (χ1) is 13.5. The number of carbonyl (C=O) groups is 1. The normalized spacial score (nSPS) is 12.0. The molecule has 5 nitrogen and oxygen atoms in total. The molecule has 0 fully saturated rings. The number of Topliss-reactive ketones (excluding diaryl/α,β-unsaturated/α-hetero) is 1. The van der Waals surface area contributed by atoms with Crippen molar-refractivity contribution >= 4 is 5.78 Å². The monoisotopic (exact) mass is 416 g/mol. The number of rotatable bonds is 6. The Labute approximate surface area is 160 Å². The number of hydrogen-bond acceptors (Lipinski definition) is 3. The molecule has 3 aromatic rings. The van der Waals surface area contributed by atoms with Gasteiger partial charge < -0.3 is 0 Å². The lowest BCUT2D eigenvalue weighted by molar-refractivity contribution is -0.141. The number of alkyl halides is 5. The minimum Gasteiger partial charge on any atom is -0.294 e. The van der Waals surface area contributed by atoms with Gasteiger partial charge in [-0.1, -0.05) is 0 Å². The van der Waals surface area contributed by atoms with E-state index in [0.29, 0.717) is 5.56 Å². The van der Waals surface area contributed by atoms with Crippen LogP contribution in [0, 0.1) is 5.82 Å². The van der Waals surface area contributed by atoms with Crippen LogP contribution in [0.25, 0.3) is 5.69 Å². The van der Waals surface area contributed by atoms with Crippen molar-refractivity contribution in [2.24, 2.45) is 0 Å². The summed E-state index contributed by atoms with van der Waals surface area (Å²) in [5.74, 6) is -1.28. The molecule has 11 heteroatoms. The van der Waals surface area contributed by atoms with E-state index in [1.54, 1.807) is 0 Å². The van der Waals surface area contributed by atoms with Crippen molar-refractivity contribution in [2.75, 3.05) is 0 Å². The van der Waals surface area contributed by atoms with Crippen LogP contribution in [0.1, 0.15) is 34.2 Å². The molecule has 0 N–H and O–H groups in total. The third-order valence-corrected chi connectivity index (χ3v) is 4.04. The Morgan fingerprint density at radius 1 is 1.21 bits per heavy atom. The van der Waals surface area contributed by atoms with E-state index in [0.717, 1.165) is 40.6 Å². The van der Waals surface area contributed by atoms with Gasteiger partial charge in [-0.3, -0.25) is 9.48 Å². The highest BCUT2D eigenvalue weighted by Gasteiger charge is 2.35. The van der Waals surface area contributed by atoms with Gasteiger partial charge in [-0.05, 0) is 36.8 Å². The molecule has 29 heavy (non-hydrogen) atoms. The Morgan fingerprint density at radius 3 is 2.55 bits per heavy atom. The van der Waals surface area contributed by atoms with E-state index >= 15 is 0 Å². The molecular formula is C18H14F6N4O. The number of benzene rings is 1. The summed E-state index contributed by atoms with van der Waals surface area (Å²) in [6.07, 6.45) is -4.98. The number of halogens is 6. The Morgan fingerprint density at radius 2 is 1.93 bits per heavy atom. The van der Waals surface area contributed by atoms with E-state index in [1.807, 2.05) is 0 Å². The fraction of sp³-hybridized carbons (Fsp3) is 0.278. The molecule has 2 aromatic heterocycles. The first-order valence-corrected chi connectivity index (χ1v) is 8.31. The fourth-order valence-electron chi connectivity index (χ4n) is 2.82. The highest BCUT2D eigenvalue weighted by Crippen LogP contribution is 2.31. The second-order valence-electron chi connectivity index (χ2n) is 6.29. The summed E-state index contributed by atoms with van der Waals surface area (Å²) in [6, 6.07) is 3.86. The number of ketones is 1. The molecular weight excluding hydrogens is 402 g/mol. The van der Waals surface area contributed by atoms with E-state index in [4.69, 9.17) is 0 Å². The van der Waals surface area contributed by atoms with Crippen LogP contribution in [0.5, 0.6) is 0 Å². The van der Waals surface area contributed by atoms with Crippen LogP contribution >= 0.6 is 0 Å². The topological polar surface area (TPSA) is 52.7 Å².